The molecule has 1 fully saturated rings. The number of piperidine rings is 1. The van der Waals surface area contributed by atoms with E-state index in [1.807, 2.05) is 30.3 Å². The third-order valence-electron chi connectivity index (χ3n) is 4.37. The molecule has 1 aromatic heterocycles. The molecule has 0 saturated carbocycles. The number of benzene rings is 1. The molecular formula is C17H21ClN4O3S. The predicted molar refractivity (Wildman–Crippen MR) is 102 cm³/mol. The number of hydrogen-bond acceptors (Lipinski definition) is 5. The van der Waals surface area contributed by atoms with Crippen molar-refractivity contribution in [2.45, 2.75) is 25.4 Å². The molecule has 1 aliphatic heterocycles. The number of anilines is 1. The monoisotopic (exact) mass is 396 g/mol. The van der Waals surface area contributed by atoms with Gasteiger partial charge in [0.25, 0.3) is 5.56 Å². The average Bonchev–Trinajstić information content (AvgIpc) is 2.62. The van der Waals surface area contributed by atoms with E-state index in [1.54, 1.807) is 0 Å². The smallest absolute Gasteiger partial charge is 0.287 e. The highest BCUT2D eigenvalue weighted by atomic mass is 35.5. The molecule has 7 nitrogen and oxygen atoms in total. The average molecular weight is 397 g/mol. The second-order valence-electron chi connectivity index (χ2n) is 6.43. The summed E-state index contributed by atoms with van der Waals surface area (Å²) in [5.41, 5.74) is 1.01. The fourth-order valence-corrected chi connectivity index (χ4v) is 4.13. The molecule has 0 aliphatic carbocycles. The van der Waals surface area contributed by atoms with E-state index in [4.69, 9.17) is 11.6 Å². The molecule has 26 heavy (non-hydrogen) atoms. The maximum Gasteiger partial charge on any atom is 0.287 e. The van der Waals surface area contributed by atoms with Crippen LogP contribution in [-0.2, 0) is 16.6 Å². The zero-order chi connectivity index (χ0) is 18.7. The lowest BCUT2D eigenvalue weighted by molar-refractivity contribution is 0.329. The Labute approximate surface area is 157 Å². The molecule has 3 rings (SSSR count). The number of rotatable bonds is 5. The Hall–Kier alpha value is -1.90. The minimum atomic E-state index is -3.23. The molecule has 9 heteroatoms. The minimum absolute atomic E-state index is 0.0624. The lowest BCUT2D eigenvalue weighted by atomic mass is 10.1. The van der Waals surface area contributed by atoms with Crippen molar-refractivity contribution in [2.75, 3.05) is 24.7 Å². The van der Waals surface area contributed by atoms with Gasteiger partial charge < -0.3 is 5.32 Å². The summed E-state index contributed by atoms with van der Waals surface area (Å²) in [4.78, 5) is 12.5. The zero-order valence-electron chi connectivity index (χ0n) is 14.4. The first kappa shape index (κ1) is 18.9. The highest BCUT2D eigenvalue weighted by Gasteiger charge is 2.26. The third kappa shape index (κ3) is 4.44. The van der Waals surface area contributed by atoms with Crippen LogP contribution in [0.1, 0.15) is 18.4 Å². The summed E-state index contributed by atoms with van der Waals surface area (Å²) in [6.45, 7) is 1.20. The van der Waals surface area contributed by atoms with Crippen molar-refractivity contribution < 1.29 is 8.42 Å². The van der Waals surface area contributed by atoms with Crippen LogP contribution < -0.4 is 10.9 Å². The Bertz CT molecular complexity index is 931. The Kier molecular flexibility index (Phi) is 5.64. The van der Waals surface area contributed by atoms with E-state index in [9.17, 15) is 13.2 Å². The third-order valence-corrected chi connectivity index (χ3v) is 6.01. The quantitative estimate of drug-likeness (QED) is 0.832. The molecular weight excluding hydrogens is 376 g/mol. The largest absolute Gasteiger partial charge is 0.378 e. The van der Waals surface area contributed by atoms with Crippen LogP contribution in [0.2, 0.25) is 5.02 Å². The van der Waals surface area contributed by atoms with Gasteiger partial charge in [-0.3, -0.25) is 4.79 Å². The zero-order valence-corrected chi connectivity index (χ0v) is 16.0. The van der Waals surface area contributed by atoms with E-state index in [0.717, 1.165) is 18.4 Å². The Balaban J connectivity index is 1.75. The molecule has 1 aromatic carbocycles. The highest BCUT2D eigenvalue weighted by Crippen LogP contribution is 2.21. The van der Waals surface area contributed by atoms with Gasteiger partial charge in [-0.2, -0.15) is 5.10 Å². The number of halogens is 1. The normalized spacial score (nSPS) is 18.6. The summed E-state index contributed by atoms with van der Waals surface area (Å²) >= 11 is 6.24. The minimum Gasteiger partial charge on any atom is -0.378 e. The van der Waals surface area contributed by atoms with Crippen LogP contribution in [-0.4, -0.2) is 47.9 Å². The van der Waals surface area contributed by atoms with Gasteiger partial charge in [0.15, 0.2) is 0 Å². The van der Waals surface area contributed by atoms with Gasteiger partial charge in [0.2, 0.25) is 10.0 Å². The van der Waals surface area contributed by atoms with Crippen molar-refractivity contribution in [3.05, 3.63) is 57.5 Å². The van der Waals surface area contributed by atoms with Crippen molar-refractivity contribution >= 4 is 27.3 Å². The van der Waals surface area contributed by atoms with Gasteiger partial charge >= 0.3 is 0 Å². The van der Waals surface area contributed by atoms with Gasteiger partial charge in [-0.25, -0.2) is 17.4 Å². The van der Waals surface area contributed by atoms with Gasteiger partial charge in [-0.05, 0) is 18.4 Å². The van der Waals surface area contributed by atoms with Crippen LogP contribution >= 0.6 is 11.6 Å². The van der Waals surface area contributed by atoms with E-state index in [1.165, 1.54) is 21.4 Å². The van der Waals surface area contributed by atoms with Crippen molar-refractivity contribution in [1.29, 1.82) is 0 Å². The maximum atomic E-state index is 12.5. The Morgan fingerprint density at radius 2 is 2.04 bits per heavy atom. The van der Waals surface area contributed by atoms with Crippen LogP contribution in [0.3, 0.4) is 0 Å². The summed E-state index contributed by atoms with van der Waals surface area (Å²) in [6.07, 6.45) is 4.27. The molecule has 0 spiro atoms. The lowest BCUT2D eigenvalue weighted by Crippen LogP contribution is -2.44. The van der Waals surface area contributed by atoms with Gasteiger partial charge in [-0.1, -0.05) is 41.9 Å². The number of sulfonamides is 1. The van der Waals surface area contributed by atoms with E-state index in [-0.39, 0.29) is 16.6 Å². The first-order valence-corrected chi connectivity index (χ1v) is 10.6. The molecule has 1 atom stereocenters. The first-order valence-electron chi connectivity index (χ1n) is 8.36. The van der Waals surface area contributed by atoms with Crippen molar-refractivity contribution in [3.63, 3.8) is 0 Å². The molecule has 1 aliphatic rings. The van der Waals surface area contributed by atoms with Gasteiger partial charge in [0, 0.05) is 19.1 Å². The molecule has 1 unspecified atom stereocenters. The fraction of sp³-hybridized carbons (Fsp3) is 0.412. The number of nitrogens with zero attached hydrogens (tertiary/aromatic N) is 3. The number of aromatic nitrogens is 2. The standard InChI is InChI=1S/C17H21ClN4O3S/c1-26(24,25)21-9-5-8-14(12-21)20-15-10-19-22(17(23)16(15)18)11-13-6-3-2-4-7-13/h2-4,6-7,10,14,20H,5,8-9,11-12H2,1H3. The molecule has 1 N–H and O–H groups in total. The van der Waals surface area contributed by atoms with Gasteiger partial charge in [0.05, 0.1) is 24.7 Å². The van der Waals surface area contributed by atoms with Crippen LogP contribution in [0.15, 0.2) is 41.3 Å². The molecule has 1 saturated heterocycles. The number of nitrogens with one attached hydrogen (secondary N) is 1. The lowest BCUT2D eigenvalue weighted by Gasteiger charge is -2.32. The summed E-state index contributed by atoms with van der Waals surface area (Å²) in [7, 11) is -3.23. The predicted octanol–water partition coefficient (Wildman–Crippen LogP) is 1.78. The van der Waals surface area contributed by atoms with Crippen LogP contribution in [0.4, 0.5) is 5.69 Å². The van der Waals surface area contributed by atoms with Gasteiger partial charge in [-0.15, -0.1) is 0 Å². The summed E-state index contributed by atoms with van der Waals surface area (Å²) in [5.74, 6) is 0. The van der Waals surface area contributed by atoms with Gasteiger partial charge in [0.1, 0.15) is 5.02 Å². The molecule has 2 heterocycles. The van der Waals surface area contributed by atoms with Crippen molar-refractivity contribution in [1.82, 2.24) is 14.1 Å². The van der Waals surface area contributed by atoms with Crippen molar-refractivity contribution in [2.24, 2.45) is 0 Å². The Morgan fingerprint density at radius 3 is 2.73 bits per heavy atom. The van der Waals surface area contributed by atoms with E-state index in [0.29, 0.717) is 25.3 Å². The molecule has 140 valence electrons. The first-order chi connectivity index (χ1) is 12.3. The second-order valence-corrected chi connectivity index (χ2v) is 8.79. The van der Waals surface area contributed by atoms with Crippen LogP contribution in [0, 0.1) is 0 Å². The topological polar surface area (TPSA) is 84.3 Å². The van der Waals surface area contributed by atoms with Crippen molar-refractivity contribution in [3.8, 4) is 0 Å². The van der Waals surface area contributed by atoms with Crippen LogP contribution in [0.25, 0.3) is 0 Å². The summed E-state index contributed by atoms with van der Waals surface area (Å²) < 4.78 is 26.2. The molecule has 0 radical (unpaired) electrons. The maximum absolute atomic E-state index is 12.5. The highest BCUT2D eigenvalue weighted by molar-refractivity contribution is 7.88. The molecule has 0 bridgehead atoms. The fourth-order valence-electron chi connectivity index (χ4n) is 3.02. The Morgan fingerprint density at radius 1 is 1.31 bits per heavy atom. The van der Waals surface area contributed by atoms with Crippen LogP contribution in [0.5, 0.6) is 0 Å². The second kappa shape index (κ2) is 7.77. The summed E-state index contributed by atoms with van der Waals surface area (Å²) in [5, 5.41) is 7.42. The van der Waals surface area contributed by atoms with E-state index >= 15 is 0 Å². The molecule has 0 amide bonds. The van der Waals surface area contributed by atoms with E-state index < -0.39 is 10.0 Å². The molecule has 2 aromatic rings. The van der Waals surface area contributed by atoms with E-state index in [2.05, 4.69) is 10.4 Å². The SMILES string of the molecule is CS(=O)(=O)N1CCCC(Nc2cnn(Cc3ccccc3)c(=O)c2Cl)C1. The number of hydrogen-bond donors (Lipinski definition) is 1. The summed E-state index contributed by atoms with van der Waals surface area (Å²) in [6, 6.07) is 9.42.